The van der Waals surface area contributed by atoms with Crippen LogP contribution in [-0.4, -0.2) is 28.2 Å². The van der Waals surface area contributed by atoms with E-state index >= 15 is 0 Å². The second kappa shape index (κ2) is 3.09. The van der Waals surface area contributed by atoms with Crippen molar-refractivity contribution in [2.45, 2.75) is 51.1 Å². The lowest BCUT2D eigenvalue weighted by Crippen LogP contribution is -2.45. The second-order valence-electron chi connectivity index (χ2n) is 3.23. The predicted molar refractivity (Wildman–Crippen MR) is 41.0 cm³/mol. The molecule has 1 unspecified atom stereocenters. The normalized spacial score (nSPS) is 45.8. The topological polar surface area (TPSA) is 49.7 Å². The van der Waals surface area contributed by atoms with Gasteiger partial charge in [0.2, 0.25) is 0 Å². The first-order chi connectivity index (χ1) is 5.07. The standard InChI is InChI=1S/C8H16O3/c1-3-8(10)5-4-7(9)6(2)11-8/h6-7,9-10H,3-5H2,1-2H3/t6-,7+,8?/m1/s1. The molecule has 3 nitrogen and oxygen atoms in total. The predicted octanol–water partition coefficient (Wildman–Crippen LogP) is 0.645. The summed E-state index contributed by atoms with van der Waals surface area (Å²) in [6.45, 7) is 3.66. The summed E-state index contributed by atoms with van der Waals surface area (Å²) in [5.74, 6) is -0.987. The third-order valence-electron chi connectivity index (χ3n) is 2.33. The van der Waals surface area contributed by atoms with Crippen LogP contribution in [0, 0.1) is 0 Å². The maximum absolute atomic E-state index is 9.63. The van der Waals surface area contributed by atoms with Crippen LogP contribution < -0.4 is 0 Å². The Hall–Kier alpha value is -0.120. The van der Waals surface area contributed by atoms with Gasteiger partial charge in [-0.15, -0.1) is 0 Å². The summed E-state index contributed by atoms with van der Waals surface area (Å²) < 4.78 is 5.24. The fourth-order valence-electron chi connectivity index (χ4n) is 1.35. The maximum atomic E-state index is 9.63. The van der Waals surface area contributed by atoms with Crippen LogP contribution in [0.25, 0.3) is 0 Å². The van der Waals surface area contributed by atoms with E-state index in [0.29, 0.717) is 19.3 Å². The minimum absolute atomic E-state index is 0.242. The molecule has 0 radical (unpaired) electrons. The highest BCUT2D eigenvalue weighted by atomic mass is 16.6. The van der Waals surface area contributed by atoms with Crippen molar-refractivity contribution in [2.24, 2.45) is 0 Å². The van der Waals surface area contributed by atoms with Gasteiger partial charge in [0.25, 0.3) is 0 Å². The zero-order valence-corrected chi connectivity index (χ0v) is 7.08. The van der Waals surface area contributed by atoms with Crippen LogP contribution in [0.4, 0.5) is 0 Å². The first-order valence-electron chi connectivity index (χ1n) is 4.15. The van der Waals surface area contributed by atoms with Gasteiger partial charge in [-0.1, -0.05) is 6.92 Å². The summed E-state index contributed by atoms with van der Waals surface area (Å²) in [5, 5.41) is 18.9. The fourth-order valence-corrected chi connectivity index (χ4v) is 1.35. The smallest absolute Gasteiger partial charge is 0.165 e. The third kappa shape index (κ3) is 1.92. The number of hydrogen-bond acceptors (Lipinski definition) is 3. The third-order valence-corrected chi connectivity index (χ3v) is 2.33. The molecule has 2 N–H and O–H groups in total. The largest absolute Gasteiger partial charge is 0.390 e. The number of ether oxygens (including phenoxy) is 1. The van der Waals surface area contributed by atoms with Crippen LogP contribution in [0.1, 0.15) is 33.1 Å². The molecule has 1 heterocycles. The molecule has 66 valence electrons. The Labute approximate surface area is 67.0 Å². The van der Waals surface area contributed by atoms with Gasteiger partial charge < -0.3 is 14.9 Å². The zero-order valence-electron chi connectivity index (χ0n) is 7.08. The first kappa shape index (κ1) is 8.97. The summed E-state index contributed by atoms with van der Waals surface area (Å²) in [4.78, 5) is 0. The van der Waals surface area contributed by atoms with Crippen molar-refractivity contribution in [3.05, 3.63) is 0 Å². The Balaban J connectivity index is 2.51. The Morgan fingerprint density at radius 2 is 2.27 bits per heavy atom. The van der Waals surface area contributed by atoms with E-state index in [2.05, 4.69) is 0 Å². The molecule has 0 aliphatic carbocycles. The van der Waals surface area contributed by atoms with E-state index in [1.807, 2.05) is 6.92 Å². The fraction of sp³-hybridized carbons (Fsp3) is 1.00. The van der Waals surface area contributed by atoms with Gasteiger partial charge in [0.1, 0.15) is 0 Å². The molecular formula is C8H16O3. The zero-order chi connectivity index (χ0) is 8.48. The molecule has 1 rings (SSSR count). The molecule has 0 aromatic heterocycles. The van der Waals surface area contributed by atoms with Crippen LogP contribution >= 0.6 is 0 Å². The summed E-state index contributed by atoms with van der Waals surface area (Å²) in [6.07, 6.45) is 1.10. The van der Waals surface area contributed by atoms with E-state index in [4.69, 9.17) is 4.74 Å². The van der Waals surface area contributed by atoms with E-state index in [1.54, 1.807) is 6.92 Å². The molecule has 3 heteroatoms. The van der Waals surface area contributed by atoms with Crippen molar-refractivity contribution in [1.29, 1.82) is 0 Å². The highest BCUT2D eigenvalue weighted by Crippen LogP contribution is 2.28. The Kier molecular flexibility index (Phi) is 2.52. The molecule has 1 aliphatic heterocycles. The van der Waals surface area contributed by atoms with Gasteiger partial charge in [0.05, 0.1) is 12.2 Å². The number of aliphatic hydroxyl groups is 2. The minimum atomic E-state index is -0.987. The Morgan fingerprint density at radius 3 is 2.73 bits per heavy atom. The van der Waals surface area contributed by atoms with Crippen molar-refractivity contribution in [3.63, 3.8) is 0 Å². The number of hydrogen-bond donors (Lipinski definition) is 2. The molecule has 1 aliphatic rings. The maximum Gasteiger partial charge on any atom is 0.165 e. The molecule has 0 amide bonds. The first-order valence-corrected chi connectivity index (χ1v) is 4.15. The summed E-state index contributed by atoms with van der Waals surface area (Å²) >= 11 is 0. The highest BCUT2D eigenvalue weighted by Gasteiger charge is 2.35. The van der Waals surface area contributed by atoms with Crippen molar-refractivity contribution < 1.29 is 14.9 Å². The molecule has 0 aromatic carbocycles. The molecule has 1 fully saturated rings. The van der Waals surface area contributed by atoms with Gasteiger partial charge in [0, 0.05) is 6.42 Å². The van der Waals surface area contributed by atoms with Gasteiger partial charge in [-0.2, -0.15) is 0 Å². The van der Waals surface area contributed by atoms with Crippen molar-refractivity contribution in [2.75, 3.05) is 0 Å². The average Bonchev–Trinajstić information content (AvgIpc) is 1.98. The molecule has 0 bridgehead atoms. The number of rotatable bonds is 1. The van der Waals surface area contributed by atoms with Crippen LogP contribution in [-0.2, 0) is 4.74 Å². The lowest BCUT2D eigenvalue weighted by molar-refractivity contribution is -0.273. The van der Waals surface area contributed by atoms with Crippen LogP contribution in [0.3, 0.4) is 0 Å². The molecular weight excluding hydrogens is 144 g/mol. The molecule has 0 aromatic rings. The van der Waals surface area contributed by atoms with E-state index in [9.17, 15) is 10.2 Å². The summed E-state index contributed by atoms with van der Waals surface area (Å²) in [6, 6.07) is 0. The van der Waals surface area contributed by atoms with Crippen molar-refractivity contribution in [1.82, 2.24) is 0 Å². The van der Waals surface area contributed by atoms with Gasteiger partial charge >= 0.3 is 0 Å². The Bertz CT molecular complexity index is 137. The van der Waals surface area contributed by atoms with Crippen LogP contribution in [0.2, 0.25) is 0 Å². The molecule has 0 spiro atoms. The van der Waals surface area contributed by atoms with Crippen molar-refractivity contribution >= 4 is 0 Å². The molecule has 11 heavy (non-hydrogen) atoms. The SMILES string of the molecule is CCC1(O)CC[C@H](O)[C@@H](C)O1. The van der Waals surface area contributed by atoms with Crippen LogP contribution in [0.5, 0.6) is 0 Å². The molecule has 3 atom stereocenters. The van der Waals surface area contributed by atoms with E-state index < -0.39 is 11.9 Å². The Morgan fingerprint density at radius 1 is 1.64 bits per heavy atom. The lowest BCUT2D eigenvalue weighted by atomic mass is 9.98. The molecule has 0 saturated carbocycles. The average molecular weight is 160 g/mol. The van der Waals surface area contributed by atoms with Gasteiger partial charge in [-0.05, 0) is 19.8 Å². The molecule has 1 saturated heterocycles. The quantitative estimate of drug-likeness (QED) is 0.592. The van der Waals surface area contributed by atoms with Gasteiger partial charge in [-0.25, -0.2) is 0 Å². The van der Waals surface area contributed by atoms with E-state index in [1.165, 1.54) is 0 Å². The van der Waals surface area contributed by atoms with Crippen molar-refractivity contribution in [3.8, 4) is 0 Å². The summed E-state index contributed by atoms with van der Waals surface area (Å²) in [7, 11) is 0. The number of aliphatic hydroxyl groups excluding tert-OH is 1. The van der Waals surface area contributed by atoms with E-state index in [0.717, 1.165) is 0 Å². The minimum Gasteiger partial charge on any atom is -0.390 e. The van der Waals surface area contributed by atoms with E-state index in [-0.39, 0.29) is 6.10 Å². The summed E-state index contributed by atoms with van der Waals surface area (Å²) in [5.41, 5.74) is 0. The van der Waals surface area contributed by atoms with Gasteiger partial charge in [-0.3, -0.25) is 0 Å². The second-order valence-corrected chi connectivity index (χ2v) is 3.23. The lowest BCUT2D eigenvalue weighted by Gasteiger charge is -2.37. The van der Waals surface area contributed by atoms with Crippen LogP contribution in [0.15, 0.2) is 0 Å². The van der Waals surface area contributed by atoms with Gasteiger partial charge in [0.15, 0.2) is 5.79 Å². The monoisotopic (exact) mass is 160 g/mol. The highest BCUT2D eigenvalue weighted by molar-refractivity contribution is 4.79.